The Hall–Kier alpha value is -1.26. The normalized spacial score (nSPS) is 28.0. The Morgan fingerprint density at radius 2 is 1.79 bits per heavy atom. The zero-order chi connectivity index (χ0) is 13.7. The average molecular weight is 267 g/mol. The van der Waals surface area contributed by atoms with Crippen LogP contribution in [0.2, 0.25) is 0 Å². The van der Waals surface area contributed by atoms with Crippen LogP contribution in [0.5, 0.6) is 0 Å². The summed E-state index contributed by atoms with van der Waals surface area (Å²) in [6.07, 6.45) is 8.53. The Kier molecular flexibility index (Phi) is 5.05. The van der Waals surface area contributed by atoms with Crippen molar-refractivity contribution in [2.45, 2.75) is 57.5 Å². The lowest BCUT2D eigenvalue weighted by Crippen LogP contribution is -2.36. The predicted molar refractivity (Wildman–Crippen MR) is 73.7 cm³/mol. The second-order valence-electron chi connectivity index (χ2n) is 5.86. The highest BCUT2D eigenvalue weighted by Gasteiger charge is 2.29. The van der Waals surface area contributed by atoms with Gasteiger partial charge in [-0.05, 0) is 57.3 Å². The third-order valence-electron chi connectivity index (χ3n) is 4.35. The molecular weight excluding hydrogens is 242 g/mol. The Labute approximate surface area is 114 Å². The van der Waals surface area contributed by atoms with E-state index in [1.54, 1.807) is 0 Å². The van der Waals surface area contributed by atoms with Gasteiger partial charge in [-0.15, -0.1) is 0 Å². The molecule has 0 atom stereocenters. The van der Waals surface area contributed by atoms with Crippen LogP contribution < -0.4 is 11.1 Å². The highest BCUT2D eigenvalue weighted by molar-refractivity contribution is 5.74. The first-order valence-corrected chi connectivity index (χ1v) is 7.43. The zero-order valence-electron chi connectivity index (χ0n) is 11.5. The van der Waals surface area contributed by atoms with Gasteiger partial charge in [-0.25, -0.2) is 0 Å². The number of hydrogen-bond donors (Lipinski definition) is 3. The van der Waals surface area contributed by atoms with E-state index in [4.69, 9.17) is 15.9 Å². The molecule has 2 rings (SSSR count). The molecule has 0 aromatic heterocycles. The minimum Gasteiger partial charge on any atom is -0.462 e. The highest BCUT2D eigenvalue weighted by Crippen LogP contribution is 2.31. The third-order valence-corrected chi connectivity index (χ3v) is 4.35. The summed E-state index contributed by atoms with van der Waals surface area (Å²) in [6, 6.07) is 0. The zero-order valence-corrected chi connectivity index (χ0v) is 11.5. The number of esters is 1. The number of ether oxygens (including phenoxy) is 1. The van der Waals surface area contributed by atoms with Gasteiger partial charge in [0.25, 0.3) is 0 Å². The average Bonchev–Trinajstić information content (AvgIpc) is 2.89. The van der Waals surface area contributed by atoms with Crippen LogP contribution in [0.15, 0.2) is 0 Å². The summed E-state index contributed by atoms with van der Waals surface area (Å²) in [5.41, 5.74) is 5.27. The lowest BCUT2D eigenvalue weighted by Gasteiger charge is -2.28. The van der Waals surface area contributed by atoms with E-state index in [2.05, 4.69) is 5.32 Å². The quantitative estimate of drug-likeness (QED) is 0.411. The first-order chi connectivity index (χ1) is 9.15. The van der Waals surface area contributed by atoms with E-state index in [-0.39, 0.29) is 24.0 Å². The predicted octanol–water partition coefficient (Wildman–Crippen LogP) is 1.76. The SMILES string of the molecule is N=C(N)NC[C@H]1CC[C@H](C(=O)OC2CCCC2)CC1. The van der Waals surface area contributed by atoms with Gasteiger partial charge in [-0.3, -0.25) is 10.2 Å². The van der Waals surface area contributed by atoms with Crippen molar-refractivity contribution in [1.82, 2.24) is 5.32 Å². The van der Waals surface area contributed by atoms with Gasteiger partial charge in [-0.2, -0.15) is 0 Å². The van der Waals surface area contributed by atoms with Gasteiger partial charge in [0.2, 0.25) is 0 Å². The maximum Gasteiger partial charge on any atom is 0.309 e. The van der Waals surface area contributed by atoms with Crippen molar-refractivity contribution in [3.05, 3.63) is 0 Å². The Morgan fingerprint density at radius 1 is 1.16 bits per heavy atom. The van der Waals surface area contributed by atoms with Crippen LogP contribution in [-0.4, -0.2) is 24.6 Å². The molecule has 0 bridgehead atoms. The molecule has 108 valence electrons. The Morgan fingerprint density at radius 3 is 2.37 bits per heavy atom. The first-order valence-electron chi connectivity index (χ1n) is 7.43. The number of nitrogens with one attached hydrogen (secondary N) is 2. The van der Waals surface area contributed by atoms with E-state index in [0.29, 0.717) is 5.92 Å². The van der Waals surface area contributed by atoms with Crippen LogP contribution in [-0.2, 0) is 9.53 Å². The van der Waals surface area contributed by atoms with Crippen molar-refractivity contribution < 1.29 is 9.53 Å². The highest BCUT2D eigenvalue weighted by atomic mass is 16.5. The molecule has 2 aliphatic carbocycles. The molecule has 0 heterocycles. The fourth-order valence-electron chi connectivity index (χ4n) is 3.12. The van der Waals surface area contributed by atoms with Crippen LogP contribution in [0.25, 0.3) is 0 Å². The topological polar surface area (TPSA) is 88.2 Å². The van der Waals surface area contributed by atoms with Crippen LogP contribution in [0.1, 0.15) is 51.4 Å². The van der Waals surface area contributed by atoms with E-state index in [1.165, 1.54) is 12.8 Å². The standard InChI is InChI=1S/C14H25N3O2/c15-14(16)17-9-10-5-7-11(8-6-10)13(18)19-12-3-1-2-4-12/h10-12H,1-9H2,(H4,15,16,17)/t10-,11-. The monoisotopic (exact) mass is 267 g/mol. The van der Waals surface area contributed by atoms with Crippen molar-refractivity contribution in [1.29, 1.82) is 5.41 Å². The second kappa shape index (κ2) is 6.78. The Bertz CT molecular complexity index is 319. The summed E-state index contributed by atoms with van der Waals surface area (Å²) >= 11 is 0. The second-order valence-corrected chi connectivity index (χ2v) is 5.86. The van der Waals surface area contributed by atoms with Gasteiger partial charge in [0, 0.05) is 6.54 Å². The molecule has 0 radical (unpaired) electrons. The molecular formula is C14H25N3O2. The molecule has 0 aromatic carbocycles. The maximum absolute atomic E-state index is 12.0. The molecule has 0 aliphatic heterocycles. The Balaban J connectivity index is 1.67. The number of nitrogens with two attached hydrogens (primary N) is 1. The summed E-state index contributed by atoms with van der Waals surface area (Å²) in [6.45, 7) is 0.750. The molecule has 19 heavy (non-hydrogen) atoms. The van der Waals surface area contributed by atoms with Gasteiger partial charge in [0.15, 0.2) is 5.96 Å². The molecule has 0 amide bonds. The van der Waals surface area contributed by atoms with Crippen molar-refractivity contribution in [2.75, 3.05) is 6.54 Å². The molecule has 5 nitrogen and oxygen atoms in total. The number of guanidine groups is 1. The van der Waals surface area contributed by atoms with Crippen LogP contribution in [0, 0.1) is 17.2 Å². The smallest absolute Gasteiger partial charge is 0.309 e. The number of carbonyl (C=O) groups is 1. The number of rotatable bonds is 4. The molecule has 0 saturated heterocycles. The summed E-state index contributed by atoms with van der Waals surface area (Å²) in [5, 5.41) is 10.0. The molecule has 2 fully saturated rings. The fraction of sp³-hybridized carbons (Fsp3) is 0.857. The maximum atomic E-state index is 12.0. The van der Waals surface area contributed by atoms with Crippen LogP contribution in [0.3, 0.4) is 0 Å². The van der Waals surface area contributed by atoms with E-state index >= 15 is 0 Å². The largest absolute Gasteiger partial charge is 0.462 e. The van der Waals surface area contributed by atoms with E-state index < -0.39 is 0 Å². The molecule has 0 unspecified atom stereocenters. The fourth-order valence-corrected chi connectivity index (χ4v) is 3.12. The molecule has 0 aromatic rings. The molecule has 4 N–H and O–H groups in total. The number of hydrogen-bond acceptors (Lipinski definition) is 3. The molecule has 2 saturated carbocycles. The minimum atomic E-state index is 0.0184. The van der Waals surface area contributed by atoms with Crippen LogP contribution >= 0.6 is 0 Å². The lowest BCUT2D eigenvalue weighted by atomic mass is 9.82. The van der Waals surface area contributed by atoms with Gasteiger partial charge < -0.3 is 15.8 Å². The minimum absolute atomic E-state index is 0.0184. The third kappa shape index (κ3) is 4.40. The van der Waals surface area contributed by atoms with E-state index in [0.717, 1.165) is 45.1 Å². The molecule has 2 aliphatic rings. The van der Waals surface area contributed by atoms with Crippen molar-refractivity contribution in [3.8, 4) is 0 Å². The summed E-state index contributed by atoms with van der Waals surface area (Å²) in [5.74, 6) is 0.668. The summed E-state index contributed by atoms with van der Waals surface area (Å²) < 4.78 is 5.58. The molecule has 5 heteroatoms. The van der Waals surface area contributed by atoms with Crippen molar-refractivity contribution >= 4 is 11.9 Å². The lowest BCUT2D eigenvalue weighted by molar-refractivity contribution is -0.155. The van der Waals surface area contributed by atoms with Crippen LogP contribution in [0.4, 0.5) is 0 Å². The van der Waals surface area contributed by atoms with Gasteiger partial charge in [0.1, 0.15) is 6.10 Å². The van der Waals surface area contributed by atoms with Gasteiger partial charge in [0.05, 0.1) is 5.92 Å². The molecule has 0 spiro atoms. The van der Waals surface area contributed by atoms with Crippen molar-refractivity contribution in [3.63, 3.8) is 0 Å². The summed E-state index contributed by atoms with van der Waals surface area (Å²) in [4.78, 5) is 12.0. The van der Waals surface area contributed by atoms with E-state index in [9.17, 15) is 4.79 Å². The van der Waals surface area contributed by atoms with E-state index in [1.807, 2.05) is 0 Å². The van der Waals surface area contributed by atoms with Crippen molar-refractivity contribution in [2.24, 2.45) is 17.6 Å². The van der Waals surface area contributed by atoms with Gasteiger partial charge >= 0.3 is 5.97 Å². The van der Waals surface area contributed by atoms with Gasteiger partial charge in [-0.1, -0.05) is 0 Å². The summed E-state index contributed by atoms with van der Waals surface area (Å²) in [7, 11) is 0. The first kappa shape index (κ1) is 14.2. The number of carbonyl (C=O) groups excluding carboxylic acids is 1.